The molecule has 1 aliphatic carbocycles. The molecule has 27 heteroatoms. The lowest BCUT2D eigenvalue weighted by Crippen LogP contribution is -2.27. The number of carbonyl (C=O) groups is 3. The number of sulfone groups is 1. The molecule has 1 fully saturated rings. The summed E-state index contributed by atoms with van der Waals surface area (Å²) in [6, 6.07) is 85.0. The van der Waals surface area contributed by atoms with Crippen LogP contribution in [0.15, 0.2) is 334 Å². The van der Waals surface area contributed by atoms with Crippen LogP contribution in [0.5, 0.6) is 0 Å². The number of hydrogen-bond acceptors (Lipinski definition) is 21. The van der Waals surface area contributed by atoms with Gasteiger partial charge in [-0.1, -0.05) is 218 Å². The van der Waals surface area contributed by atoms with Crippen LogP contribution in [0.4, 0.5) is 23.3 Å². The Labute approximate surface area is 770 Å². The van der Waals surface area contributed by atoms with E-state index in [1.54, 1.807) is 52.0 Å². The standard InChI is InChI=1S/C29H26N6O2.C28H23N5O.C25H24N4.C24H25N5O3S/c1-20(36)12-14-31-29(37)24-16-23(18-30-19-24)27-33-28(32-17-21-8-4-2-5-9-21)26-25(13-15-35(26)34-27)22-10-6-3-7-11-22;1-20(34)12-13-22-16-24(19-29-17-22)27-31-28(30-18-21-8-4-2-5-9-21)26-25(14-15-33(26)32-27)23-10-6-3-7-11-23;1-4-10-19(11-5-1)18-26-25-23-22(20-12-6-2-7-13-20)16-17-29(23)28-24(27-25)21-14-8-3-9-15-21;1-33(30,31)20-13-18(14-25-16-20)23-27-24(26-15-19-9-5-6-12-32-19)22-21(10-11-29(22)28-23)17-7-3-2-4-8-17/h2-11,13,15-16,18-19H,12,14,17H2,1H3,(H,31,37)(H,32,33,34);2-17,19H,18H2,1H3,(H,30,31,32);1-2,4-7,10-14,16-17H,3,8-9,15,18H2,(H,26,27,28);2-4,7-8,10-11,13-14,16,19H,5-6,9,12,15H2,1H3,(H,26,27,28)/b;13-12+;;. The van der Waals surface area contributed by atoms with Crippen molar-refractivity contribution in [2.75, 3.05) is 47.2 Å². The number of benzene rings is 7. The van der Waals surface area contributed by atoms with E-state index in [-0.39, 0.29) is 41.4 Å². The fourth-order valence-electron chi connectivity index (χ4n) is 15.8. The molecule has 133 heavy (non-hydrogen) atoms. The predicted molar refractivity (Wildman–Crippen MR) is 524 cm³/mol. The minimum Gasteiger partial charge on any atom is -0.376 e. The number of anilines is 4. The summed E-state index contributed by atoms with van der Waals surface area (Å²) in [6.07, 6.45) is 32.3. The maximum atomic E-state index is 12.6. The van der Waals surface area contributed by atoms with E-state index in [2.05, 4.69) is 174 Å². The molecule has 1 amide bonds. The molecule has 1 aliphatic heterocycles. The summed E-state index contributed by atoms with van der Waals surface area (Å²) in [7, 11) is -3.40. The Morgan fingerprint density at radius 2 is 0.827 bits per heavy atom. The van der Waals surface area contributed by atoms with Gasteiger partial charge in [-0.05, 0) is 163 Å². The SMILES string of the molecule is C1=C(c2nc(NCc3ccccc3)c3c(-c4ccccc4)ccn3n2)CCCC1.CC(=O)/C=C/c1cncc(-c2nc(NCc3ccccc3)c3c(-c4ccccc4)ccn3n2)c1.CC(=O)CCNC(=O)c1cncc(-c2nc(NCc3ccccc3)c3c(-c4ccccc4)ccn3n2)c1.CS(=O)(=O)c1cncc(-c2nc(NCC3CCCCO3)c3c(-c4ccccc4)ccn3n2)c1. The number of aromatic nitrogens is 15. The first kappa shape index (κ1) is 88.9. The number of nitrogens with zero attached hydrogens (tertiary/aromatic N) is 15. The molecule has 5 N–H and O–H groups in total. The van der Waals surface area contributed by atoms with E-state index in [0.29, 0.717) is 65.4 Å². The summed E-state index contributed by atoms with van der Waals surface area (Å²) in [5, 5.41) is 35.9. The van der Waals surface area contributed by atoms with Crippen LogP contribution < -0.4 is 26.6 Å². The van der Waals surface area contributed by atoms with E-state index >= 15 is 0 Å². The number of Topliss-reactive ketones (excluding diaryl/α,β-unsaturated/α-hetero) is 1. The number of allylic oxidation sites excluding steroid dienone is 3. The Morgan fingerprint density at radius 3 is 1.23 bits per heavy atom. The van der Waals surface area contributed by atoms with Gasteiger partial charge in [0.05, 0.1) is 16.6 Å². The van der Waals surface area contributed by atoms with Crippen LogP contribution in [-0.2, 0) is 43.8 Å². The number of ketones is 2. The minimum atomic E-state index is -3.40. The molecule has 1 unspecified atom stereocenters. The Hall–Kier alpha value is -16.1. The molecule has 0 radical (unpaired) electrons. The molecule has 0 spiro atoms. The van der Waals surface area contributed by atoms with E-state index in [4.69, 9.17) is 40.0 Å². The van der Waals surface area contributed by atoms with Crippen molar-refractivity contribution in [3.05, 3.63) is 363 Å². The third-order valence-electron chi connectivity index (χ3n) is 22.6. The van der Waals surface area contributed by atoms with Crippen LogP contribution in [0.25, 0.3) is 112 Å². The minimum absolute atomic E-state index is 0.0174. The van der Waals surface area contributed by atoms with Gasteiger partial charge in [0.1, 0.15) is 27.9 Å². The van der Waals surface area contributed by atoms with Gasteiger partial charge in [0.2, 0.25) is 0 Å². The van der Waals surface area contributed by atoms with Crippen LogP contribution >= 0.6 is 0 Å². The second kappa shape index (κ2) is 42.4. The Kier molecular flexibility index (Phi) is 28.3. The number of ether oxygens (including phenoxy) is 1. The lowest BCUT2D eigenvalue weighted by Gasteiger charge is -2.23. The highest BCUT2D eigenvalue weighted by atomic mass is 32.2. The highest BCUT2D eigenvalue weighted by molar-refractivity contribution is 7.90. The average molecular weight is 1780 g/mol. The molecule has 1 atom stereocenters. The zero-order valence-corrected chi connectivity index (χ0v) is 74.6. The van der Waals surface area contributed by atoms with Crippen molar-refractivity contribution in [1.29, 1.82) is 0 Å². The predicted octanol–water partition coefficient (Wildman–Crippen LogP) is 20.3. The summed E-state index contributed by atoms with van der Waals surface area (Å²) in [5.74, 6) is 4.88. The van der Waals surface area contributed by atoms with Crippen LogP contribution in [0.3, 0.4) is 0 Å². The fraction of sp³-hybridized carbons (Fsp3) is 0.170. The van der Waals surface area contributed by atoms with Gasteiger partial charge in [0, 0.05) is 153 Å². The van der Waals surface area contributed by atoms with Gasteiger partial charge in [0.15, 0.2) is 62.2 Å². The number of fused-ring (bicyclic) bond motifs is 4. The van der Waals surface area contributed by atoms with Crippen molar-refractivity contribution in [2.24, 2.45) is 0 Å². The summed E-state index contributed by atoms with van der Waals surface area (Å²) in [5.41, 5.74) is 20.1. The van der Waals surface area contributed by atoms with Gasteiger partial charge in [-0.2, -0.15) is 0 Å². The highest BCUT2D eigenvalue weighted by Gasteiger charge is 2.24. The first-order valence-corrected chi connectivity index (χ1v) is 46.2. The smallest absolute Gasteiger partial charge is 0.252 e. The number of carbonyl (C=O) groups excluding carboxylic acids is 3. The molecule has 2 aliphatic rings. The molecule has 26 nitrogen and oxygen atoms in total. The third kappa shape index (κ3) is 22.4. The molecule has 0 saturated carbocycles. The van der Waals surface area contributed by atoms with Crippen molar-refractivity contribution in [3.63, 3.8) is 0 Å². The third-order valence-corrected chi connectivity index (χ3v) is 23.7. The number of pyridine rings is 3. The molecule has 7 aromatic carbocycles. The number of rotatable bonds is 27. The number of amides is 1. The van der Waals surface area contributed by atoms with E-state index in [1.807, 2.05) is 155 Å². The van der Waals surface area contributed by atoms with Crippen molar-refractivity contribution in [3.8, 4) is 78.7 Å². The first-order valence-electron chi connectivity index (χ1n) is 44.3. The zero-order valence-electron chi connectivity index (χ0n) is 73.8. The first-order chi connectivity index (χ1) is 65.1. The van der Waals surface area contributed by atoms with Gasteiger partial charge >= 0.3 is 0 Å². The van der Waals surface area contributed by atoms with Gasteiger partial charge in [-0.3, -0.25) is 29.3 Å². The van der Waals surface area contributed by atoms with Crippen molar-refractivity contribution < 1.29 is 27.5 Å². The monoisotopic (exact) mass is 1780 g/mol. The molecule has 20 rings (SSSR count). The number of nitrogens with one attached hydrogen (secondary N) is 5. The number of hydrogen-bond donors (Lipinski definition) is 5. The maximum absolute atomic E-state index is 12.6. The van der Waals surface area contributed by atoms with E-state index in [9.17, 15) is 22.8 Å². The molecule has 1 saturated heterocycles. The fourth-order valence-corrected chi connectivity index (χ4v) is 16.4. The van der Waals surface area contributed by atoms with Crippen molar-refractivity contribution in [2.45, 2.75) is 95.8 Å². The molecule has 18 aromatic rings. The van der Waals surface area contributed by atoms with Crippen LogP contribution in [0.2, 0.25) is 0 Å². The zero-order chi connectivity index (χ0) is 91.3. The molecular formula is C106H98N20O6S. The van der Waals surface area contributed by atoms with E-state index in [0.717, 1.165) is 152 Å². The van der Waals surface area contributed by atoms with Crippen LogP contribution in [0.1, 0.15) is 104 Å². The summed E-state index contributed by atoms with van der Waals surface area (Å²) >= 11 is 0. The van der Waals surface area contributed by atoms with Crippen LogP contribution in [-0.4, -0.2) is 131 Å². The van der Waals surface area contributed by atoms with Crippen molar-refractivity contribution in [1.82, 2.24) is 78.7 Å². The van der Waals surface area contributed by atoms with E-state index < -0.39 is 9.84 Å². The molecule has 0 bridgehead atoms. The second-order valence-corrected chi connectivity index (χ2v) is 34.4. The summed E-state index contributed by atoms with van der Waals surface area (Å²) in [6.45, 7) is 6.65. The quantitative estimate of drug-likeness (QED) is 0.0299. The largest absolute Gasteiger partial charge is 0.376 e. The van der Waals surface area contributed by atoms with Crippen LogP contribution in [0, 0.1) is 0 Å². The topological polar surface area (TPSA) is 314 Å². The summed E-state index contributed by atoms with van der Waals surface area (Å²) < 4.78 is 37.3. The Bertz CT molecular complexity index is 7280. The highest BCUT2D eigenvalue weighted by Crippen LogP contribution is 2.38. The summed E-state index contributed by atoms with van der Waals surface area (Å²) in [4.78, 5) is 67.5. The Morgan fingerprint density at radius 1 is 0.429 bits per heavy atom. The molecular weight excluding hydrogens is 1680 g/mol. The molecule has 11 aromatic heterocycles. The van der Waals surface area contributed by atoms with E-state index in [1.165, 1.54) is 61.9 Å². The normalized spacial score (nSPS) is 13.1. The van der Waals surface area contributed by atoms with Gasteiger partial charge in [0.25, 0.3) is 5.91 Å². The lowest BCUT2D eigenvalue weighted by atomic mass is 9.99. The molecule has 664 valence electrons. The average Bonchev–Trinajstić information content (AvgIpc) is 1.64. The lowest BCUT2D eigenvalue weighted by molar-refractivity contribution is -0.117. The van der Waals surface area contributed by atoms with Gasteiger partial charge < -0.3 is 31.3 Å². The second-order valence-electron chi connectivity index (χ2n) is 32.4. The Balaban J connectivity index is 0.000000124. The molecule has 12 heterocycles. The van der Waals surface area contributed by atoms with Gasteiger partial charge in [-0.25, -0.2) is 46.4 Å². The maximum Gasteiger partial charge on any atom is 0.252 e. The van der Waals surface area contributed by atoms with Crippen molar-refractivity contribution >= 4 is 84.3 Å². The van der Waals surface area contributed by atoms with Gasteiger partial charge in [-0.15, -0.1) is 20.4 Å².